The number of nitrogens with one attached hydrogen (secondary N) is 1. The largest absolute Gasteiger partial charge is 0.494 e. The van der Waals surface area contributed by atoms with Crippen LogP contribution in [0.3, 0.4) is 0 Å². The summed E-state index contributed by atoms with van der Waals surface area (Å²) in [7, 11) is 0. The average molecular weight is 518 g/mol. The fourth-order valence-corrected chi connectivity index (χ4v) is 4.71. The number of hydrogen-bond donors (Lipinski definition) is 1. The number of amides is 1. The van der Waals surface area contributed by atoms with Crippen molar-refractivity contribution in [2.75, 3.05) is 11.9 Å². The lowest BCUT2D eigenvalue weighted by Gasteiger charge is -2.13. The van der Waals surface area contributed by atoms with Crippen molar-refractivity contribution in [3.63, 3.8) is 0 Å². The van der Waals surface area contributed by atoms with Gasteiger partial charge >= 0.3 is 6.09 Å². The third-order valence-electron chi connectivity index (χ3n) is 5.17. The number of anilines is 1. The van der Waals surface area contributed by atoms with Crippen molar-refractivity contribution in [1.29, 1.82) is 0 Å². The van der Waals surface area contributed by atoms with Crippen LogP contribution in [-0.4, -0.2) is 23.4 Å². The Balaban J connectivity index is 1.70. The lowest BCUT2D eigenvalue weighted by molar-refractivity contribution is 0.130. The third kappa shape index (κ3) is 4.58. The molecular weight excluding hydrogens is 491 g/mol. The van der Waals surface area contributed by atoms with Crippen molar-refractivity contribution >= 4 is 45.3 Å². The number of carbonyl (C=O) groups is 1. The van der Waals surface area contributed by atoms with Gasteiger partial charge in [-0.3, -0.25) is 5.32 Å². The molecular formula is C24H27IN2O3. The van der Waals surface area contributed by atoms with E-state index in [1.807, 2.05) is 39.0 Å². The highest BCUT2D eigenvalue weighted by Gasteiger charge is 2.26. The van der Waals surface area contributed by atoms with Crippen LogP contribution in [0.4, 0.5) is 10.5 Å². The van der Waals surface area contributed by atoms with Gasteiger partial charge in [-0.2, -0.15) is 0 Å². The van der Waals surface area contributed by atoms with Crippen LogP contribution in [0.25, 0.3) is 22.2 Å². The molecule has 0 bridgehead atoms. The highest BCUT2D eigenvalue weighted by molar-refractivity contribution is 14.1. The van der Waals surface area contributed by atoms with E-state index in [1.165, 1.54) is 33.0 Å². The number of fused-ring (bicyclic) bond motifs is 1. The first kappa shape index (κ1) is 21.0. The minimum absolute atomic E-state index is 0.148. The number of aromatic nitrogens is 1. The van der Waals surface area contributed by atoms with Gasteiger partial charge in [0.2, 0.25) is 0 Å². The molecule has 1 amide bonds. The van der Waals surface area contributed by atoms with Gasteiger partial charge in [0, 0.05) is 27.3 Å². The molecule has 5 nitrogen and oxygen atoms in total. The fraction of sp³-hybridized carbons (Fsp3) is 0.375. The average Bonchev–Trinajstić information content (AvgIpc) is 3.48. The molecule has 0 radical (unpaired) electrons. The normalized spacial score (nSPS) is 13.6. The summed E-state index contributed by atoms with van der Waals surface area (Å²) >= 11 is 2.45. The van der Waals surface area contributed by atoms with Gasteiger partial charge in [0.15, 0.2) is 0 Å². The molecule has 1 saturated carbocycles. The minimum Gasteiger partial charge on any atom is -0.494 e. The summed E-state index contributed by atoms with van der Waals surface area (Å²) in [6, 6.07) is 14.3. The molecule has 1 N–H and O–H groups in total. The Morgan fingerprint density at radius 3 is 2.57 bits per heavy atom. The van der Waals surface area contributed by atoms with Crippen LogP contribution in [-0.2, 0) is 11.3 Å². The van der Waals surface area contributed by atoms with Gasteiger partial charge < -0.3 is 14.0 Å². The van der Waals surface area contributed by atoms with Crippen LogP contribution in [0.15, 0.2) is 42.5 Å². The standard InChI is InChI=1S/C24H27IN2O3/c1-4-29-19-11-12-20-21(13-19)27(14-16-5-6-16)23(22(20)25)17-7-9-18(10-8-17)26-24(28)30-15(2)3/h7-13,15-16H,4-6,14H2,1-3H3,(H,26,28). The zero-order valence-electron chi connectivity index (χ0n) is 17.6. The van der Waals surface area contributed by atoms with Gasteiger partial charge in [-0.25, -0.2) is 4.79 Å². The number of benzene rings is 2. The monoisotopic (exact) mass is 518 g/mol. The van der Waals surface area contributed by atoms with E-state index in [1.54, 1.807) is 0 Å². The van der Waals surface area contributed by atoms with E-state index in [2.05, 4.69) is 56.7 Å². The summed E-state index contributed by atoms with van der Waals surface area (Å²) in [6.07, 6.45) is 2.01. The lowest BCUT2D eigenvalue weighted by Crippen LogP contribution is -2.17. The van der Waals surface area contributed by atoms with Crippen molar-refractivity contribution in [2.24, 2.45) is 5.92 Å². The zero-order valence-corrected chi connectivity index (χ0v) is 19.7. The Morgan fingerprint density at radius 2 is 1.93 bits per heavy atom. The number of halogens is 1. The summed E-state index contributed by atoms with van der Waals surface area (Å²) in [5.41, 5.74) is 4.30. The second-order valence-electron chi connectivity index (χ2n) is 7.98. The maximum absolute atomic E-state index is 11.9. The van der Waals surface area contributed by atoms with Gasteiger partial charge in [-0.05, 0) is 92.0 Å². The predicted molar refractivity (Wildman–Crippen MR) is 129 cm³/mol. The molecule has 6 heteroatoms. The highest BCUT2D eigenvalue weighted by Crippen LogP contribution is 2.40. The minimum atomic E-state index is -0.432. The van der Waals surface area contributed by atoms with Crippen LogP contribution in [0.2, 0.25) is 0 Å². The number of ether oxygens (including phenoxy) is 2. The lowest BCUT2D eigenvalue weighted by atomic mass is 10.1. The number of carbonyl (C=O) groups excluding carboxylic acids is 1. The molecule has 1 aliphatic carbocycles. The van der Waals surface area contributed by atoms with Crippen LogP contribution in [0.1, 0.15) is 33.6 Å². The molecule has 0 spiro atoms. The first-order chi connectivity index (χ1) is 14.5. The maximum Gasteiger partial charge on any atom is 0.411 e. The molecule has 158 valence electrons. The van der Waals surface area contributed by atoms with Gasteiger partial charge in [-0.15, -0.1) is 0 Å². The summed E-state index contributed by atoms with van der Waals surface area (Å²) in [5.74, 6) is 1.66. The van der Waals surface area contributed by atoms with Crippen molar-refractivity contribution in [1.82, 2.24) is 4.57 Å². The first-order valence-electron chi connectivity index (χ1n) is 10.5. The molecule has 0 saturated heterocycles. The maximum atomic E-state index is 11.9. The van der Waals surface area contributed by atoms with E-state index < -0.39 is 6.09 Å². The summed E-state index contributed by atoms with van der Waals surface area (Å²) in [6.45, 7) is 7.35. The molecule has 30 heavy (non-hydrogen) atoms. The topological polar surface area (TPSA) is 52.5 Å². The Bertz CT molecular complexity index is 1050. The van der Waals surface area contributed by atoms with Crippen molar-refractivity contribution in [2.45, 2.75) is 46.3 Å². The predicted octanol–water partition coefficient (Wildman–Crippen LogP) is 6.68. The van der Waals surface area contributed by atoms with Gasteiger partial charge in [-0.1, -0.05) is 12.1 Å². The second-order valence-corrected chi connectivity index (χ2v) is 9.06. The third-order valence-corrected chi connectivity index (χ3v) is 6.26. The molecule has 0 unspecified atom stereocenters. The fourth-order valence-electron chi connectivity index (χ4n) is 3.65. The summed E-state index contributed by atoms with van der Waals surface area (Å²) in [5, 5.41) is 4.03. The second kappa shape index (κ2) is 8.88. The van der Waals surface area contributed by atoms with Crippen LogP contribution in [0.5, 0.6) is 5.75 Å². The van der Waals surface area contributed by atoms with Crippen LogP contribution >= 0.6 is 22.6 Å². The van der Waals surface area contributed by atoms with Crippen molar-refractivity contribution in [3.05, 3.63) is 46.0 Å². The van der Waals surface area contributed by atoms with Crippen molar-refractivity contribution in [3.8, 4) is 17.0 Å². The molecule has 1 aromatic heterocycles. The molecule has 4 rings (SSSR count). The van der Waals surface area contributed by atoms with E-state index in [9.17, 15) is 4.79 Å². The Hall–Kier alpha value is -2.22. The molecule has 3 aromatic rings. The SMILES string of the molecule is CCOc1ccc2c(I)c(-c3ccc(NC(=O)OC(C)C)cc3)n(CC3CC3)c2c1. The number of hydrogen-bond acceptors (Lipinski definition) is 3. The quantitative estimate of drug-likeness (QED) is 0.355. The van der Waals surface area contributed by atoms with E-state index in [0.29, 0.717) is 6.61 Å². The molecule has 0 aliphatic heterocycles. The van der Waals surface area contributed by atoms with E-state index in [4.69, 9.17) is 9.47 Å². The van der Waals surface area contributed by atoms with E-state index >= 15 is 0 Å². The molecule has 2 aromatic carbocycles. The summed E-state index contributed by atoms with van der Waals surface area (Å²) < 4.78 is 14.6. The Morgan fingerprint density at radius 1 is 1.20 bits per heavy atom. The summed E-state index contributed by atoms with van der Waals surface area (Å²) in [4.78, 5) is 11.9. The molecule has 1 aliphatic rings. The Kier molecular flexibility index (Phi) is 6.22. The van der Waals surface area contributed by atoms with Crippen LogP contribution in [0, 0.1) is 9.49 Å². The molecule has 0 atom stereocenters. The van der Waals surface area contributed by atoms with Crippen molar-refractivity contribution < 1.29 is 14.3 Å². The van der Waals surface area contributed by atoms with Gasteiger partial charge in [0.1, 0.15) is 5.75 Å². The highest BCUT2D eigenvalue weighted by atomic mass is 127. The van der Waals surface area contributed by atoms with E-state index in [-0.39, 0.29) is 6.10 Å². The number of nitrogens with zero attached hydrogens (tertiary/aromatic N) is 1. The number of rotatable bonds is 7. The smallest absolute Gasteiger partial charge is 0.411 e. The Labute approximate surface area is 190 Å². The first-order valence-corrected chi connectivity index (χ1v) is 11.6. The van der Waals surface area contributed by atoms with Gasteiger partial charge in [0.25, 0.3) is 0 Å². The molecule has 1 fully saturated rings. The van der Waals surface area contributed by atoms with Gasteiger partial charge in [0.05, 0.1) is 23.9 Å². The zero-order chi connectivity index (χ0) is 21.3. The van der Waals surface area contributed by atoms with Crippen LogP contribution < -0.4 is 10.1 Å². The van der Waals surface area contributed by atoms with E-state index in [0.717, 1.165) is 29.5 Å². The molecule has 1 heterocycles.